The minimum Gasteiger partial charge on any atom is -0.496 e. The number of hydrogen-bond donors (Lipinski definition) is 1. The molecule has 2 N–H and O–H groups in total. The van der Waals surface area contributed by atoms with Crippen LogP contribution in [-0.2, 0) is 6.42 Å². The molecule has 3 atom stereocenters. The van der Waals surface area contributed by atoms with Gasteiger partial charge in [-0.3, -0.25) is 9.78 Å². The Morgan fingerprint density at radius 1 is 1.18 bits per heavy atom. The first-order valence-electron chi connectivity index (χ1n) is 13.3. The number of nitrogens with two attached hydrogens (primary N) is 1. The number of ether oxygens (including phenoxy) is 1. The number of rotatable bonds is 7. The third-order valence-corrected chi connectivity index (χ3v) is 7.70. The Morgan fingerprint density at radius 3 is 2.80 bits per heavy atom. The number of benzene rings is 2. The van der Waals surface area contributed by atoms with Crippen LogP contribution in [0.4, 0.5) is 10.1 Å². The van der Waals surface area contributed by atoms with Gasteiger partial charge in [-0.25, -0.2) is 19.2 Å². The molecule has 4 aromatic rings. The number of nitrogens with zero attached hydrogens (tertiary/aromatic N) is 4. The standard InChI is InChI=1S/C32H30FN5O2/c1-19-15-22(34)9-10-23(19)24-16-20(25-18-36-13-11-27(25)35-2)7-8-21(24)17-29(39)28-12-14-37-32(38-28)31-26(33)5-4-6-30(31)40-3/h4-8,11-14,16,18-19,22-23H,9-10,15,17,34H2,1,3H3/t19-,22-,23?/m0/s1. The van der Waals surface area contributed by atoms with E-state index in [0.29, 0.717) is 17.4 Å². The van der Waals surface area contributed by atoms with E-state index < -0.39 is 5.82 Å². The summed E-state index contributed by atoms with van der Waals surface area (Å²) in [6.45, 7) is 9.78. The lowest BCUT2D eigenvalue weighted by atomic mass is 9.72. The van der Waals surface area contributed by atoms with E-state index in [9.17, 15) is 9.18 Å². The molecule has 8 heteroatoms. The van der Waals surface area contributed by atoms with Gasteiger partial charge in [-0.1, -0.05) is 31.2 Å². The molecule has 1 aliphatic carbocycles. The van der Waals surface area contributed by atoms with Crippen LogP contribution in [-0.4, -0.2) is 33.9 Å². The summed E-state index contributed by atoms with van der Waals surface area (Å²) in [4.78, 5) is 30.1. The number of ketones is 1. The number of aromatic nitrogens is 3. The summed E-state index contributed by atoms with van der Waals surface area (Å²) in [5, 5.41) is 0. The van der Waals surface area contributed by atoms with E-state index in [1.807, 2.05) is 12.1 Å². The van der Waals surface area contributed by atoms with Gasteiger partial charge in [0, 0.05) is 36.6 Å². The van der Waals surface area contributed by atoms with Crippen molar-refractivity contribution in [3.63, 3.8) is 0 Å². The van der Waals surface area contributed by atoms with E-state index in [0.717, 1.165) is 41.5 Å². The molecular formula is C32H30FN5O2. The zero-order valence-corrected chi connectivity index (χ0v) is 22.5. The normalized spacial score (nSPS) is 18.6. The Morgan fingerprint density at radius 2 is 2.02 bits per heavy atom. The van der Waals surface area contributed by atoms with Crippen LogP contribution in [0.1, 0.15) is 53.7 Å². The summed E-state index contributed by atoms with van der Waals surface area (Å²) in [7, 11) is 1.45. The summed E-state index contributed by atoms with van der Waals surface area (Å²) < 4.78 is 20.0. The fourth-order valence-electron chi connectivity index (χ4n) is 5.66. The highest BCUT2D eigenvalue weighted by atomic mass is 19.1. The molecule has 1 saturated carbocycles. The van der Waals surface area contributed by atoms with Gasteiger partial charge in [0.05, 0.1) is 19.2 Å². The number of carbonyl (C=O) groups is 1. The first-order valence-corrected chi connectivity index (χ1v) is 13.3. The highest BCUT2D eigenvalue weighted by Crippen LogP contribution is 2.41. The Labute approximate surface area is 233 Å². The van der Waals surface area contributed by atoms with Crippen molar-refractivity contribution >= 4 is 11.5 Å². The van der Waals surface area contributed by atoms with Gasteiger partial charge in [-0.2, -0.15) is 0 Å². The van der Waals surface area contributed by atoms with E-state index in [2.05, 4.69) is 32.8 Å². The number of Topliss-reactive ketones (excluding diaryl/α,β-unsaturated/α-hetero) is 1. The molecular weight excluding hydrogens is 505 g/mol. The van der Waals surface area contributed by atoms with Crippen LogP contribution >= 0.6 is 0 Å². The van der Waals surface area contributed by atoms with Crippen molar-refractivity contribution in [2.75, 3.05) is 7.11 Å². The molecule has 2 aromatic heterocycles. The molecule has 7 nitrogen and oxygen atoms in total. The van der Waals surface area contributed by atoms with E-state index in [4.69, 9.17) is 17.0 Å². The van der Waals surface area contributed by atoms with Gasteiger partial charge in [-0.15, -0.1) is 0 Å². The zero-order chi connectivity index (χ0) is 28.2. The second-order valence-electron chi connectivity index (χ2n) is 10.3. The van der Waals surface area contributed by atoms with Gasteiger partial charge >= 0.3 is 0 Å². The predicted molar refractivity (Wildman–Crippen MR) is 152 cm³/mol. The van der Waals surface area contributed by atoms with Crippen molar-refractivity contribution in [3.05, 3.63) is 101 Å². The van der Waals surface area contributed by atoms with Gasteiger partial charge in [0.25, 0.3) is 0 Å². The van der Waals surface area contributed by atoms with Gasteiger partial charge in [0.2, 0.25) is 0 Å². The third-order valence-electron chi connectivity index (χ3n) is 7.70. The van der Waals surface area contributed by atoms with Crippen LogP contribution in [0.15, 0.2) is 67.1 Å². The predicted octanol–water partition coefficient (Wildman–Crippen LogP) is 6.56. The summed E-state index contributed by atoms with van der Waals surface area (Å²) >= 11 is 0. The van der Waals surface area contributed by atoms with Crippen LogP contribution in [0.3, 0.4) is 0 Å². The smallest absolute Gasteiger partial charge is 0.197 e. The summed E-state index contributed by atoms with van der Waals surface area (Å²) in [5.74, 6) is 0.216. The van der Waals surface area contributed by atoms with E-state index in [1.165, 1.54) is 19.4 Å². The molecule has 1 aliphatic rings. The lowest BCUT2D eigenvalue weighted by molar-refractivity contribution is 0.0987. The second kappa shape index (κ2) is 11.7. The van der Waals surface area contributed by atoms with Crippen LogP contribution in [0.25, 0.3) is 27.4 Å². The topological polar surface area (TPSA) is 95.3 Å². The molecule has 0 aliphatic heterocycles. The second-order valence-corrected chi connectivity index (χ2v) is 10.3. The maximum absolute atomic E-state index is 14.7. The van der Waals surface area contributed by atoms with Crippen LogP contribution < -0.4 is 10.5 Å². The lowest BCUT2D eigenvalue weighted by Crippen LogP contribution is -2.31. The van der Waals surface area contributed by atoms with Crippen molar-refractivity contribution in [2.24, 2.45) is 11.7 Å². The first-order chi connectivity index (χ1) is 19.4. The van der Waals surface area contributed by atoms with E-state index >= 15 is 0 Å². The van der Waals surface area contributed by atoms with Crippen molar-refractivity contribution in [1.29, 1.82) is 0 Å². The van der Waals surface area contributed by atoms with Crippen molar-refractivity contribution < 1.29 is 13.9 Å². The SMILES string of the molecule is [C-]#[N+]c1ccncc1-c1ccc(CC(=O)c2ccnc(-c3c(F)cccc3OC)n2)c(C2CC[C@H](N)C[C@@H]2C)c1. The highest BCUT2D eigenvalue weighted by Gasteiger charge is 2.29. The largest absolute Gasteiger partial charge is 0.496 e. The molecule has 1 fully saturated rings. The van der Waals surface area contributed by atoms with Crippen LogP contribution in [0.5, 0.6) is 5.75 Å². The van der Waals surface area contributed by atoms with Crippen LogP contribution in [0.2, 0.25) is 0 Å². The third kappa shape index (κ3) is 5.47. The van der Waals surface area contributed by atoms with Crippen LogP contribution in [0, 0.1) is 18.3 Å². The molecule has 1 unspecified atom stereocenters. The fourth-order valence-corrected chi connectivity index (χ4v) is 5.66. The number of carbonyl (C=O) groups excluding carboxylic acids is 1. The molecule has 40 heavy (non-hydrogen) atoms. The zero-order valence-electron chi connectivity index (χ0n) is 22.5. The maximum Gasteiger partial charge on any atom is 0.197 e. The van der Waals surface area contributed by atoms with E-state index in [1.54, 1.807) is 36.7 Å². The Balaban J connectivity index is 1.52. The minimum atomic E-state index is -0.527. The average molecular weight is 536 g/mol. The summed E-state index contributed by atoms with van der Waals surface area (Å²) in [5.41, 5.74) is 10.7. The van der Waals surface area contributed by atoms with Gasteiger partial charge in [0.1, 0.15) is 17.3 Å². The Bertz CT molecular complexity index is 1600. The first kappa shape index (κ1) is 27.1. The van der Waals surface area contributed by atoms with Gasteiger partial charge in [0.15, 0.2) is 17.3 Å². The average Bonchev–Trinajstić information content (AvgIpc) is 2.97. The Kier molecular flexibility index (Phi) is 7.94. The molecule has 0 radical (unpaired) electrons. The molecule has 2 aromatic carbocycles. The fraction of sp³-hybridized carbons (Fsp3) is 0.281. The summed E-state index contributed by atoms with van der Waals surface area (Å²) in [6, 6.07) is 13.9. The van der Waals surface area contributed by atoms with E-state index in [-0.39, 0.29) is 41.2 Å². The van der Waals surface area contributed by atoms with Crippen molar-refractivity contribution in [3.8, 4) is 28.3 Å². The Hall–Kier alpha value is -4.48. The molecule has 0 bridgehead atoms. The minimum absolute atomic E-state index is 0.0921. The molecule has 0 amide bonds. The number of methoxy groups -OCH3 is 1. The van der Waals surface area contributed by atoms with Crippen molar-refractivity contribution in [2.45, 2.75) is 44.6 Å². The van der Waals surface area contributed by atoms with Gasteiger partial charge < -0.3 is 10.5 Å². The molecule has 2 heterocycles. The summed E-state index contributed by atoms with van der Waals surface area (Å²) in [6.07, 6.45) is 7.64. The quantitative estimate of drug-likeness (QED) is 0.213. The van der Waals surface area contributed by atoms with Crippen molar-refractivity contribution in [1.82, 2.24) is 15.0 Å². The number of hydrogen-bond acceptors (Lipinski definition) is 6. The molecule has 5 rings (SSSR count). The monoisotopic (exact) mass is 535 g/mol. The molecule has 0 spiro atoms. The lowest BCUT2D eigenvalue weighted by Gasteiger charge is -2.34. The maximum atomic E-state index is 14.7. The number of pyridine rings is 1. The molecule has 202 valence electrons. The number of halogens is 1. The highest BCUT2D eigenvalue weighted by molar-refractivity contribution is 5.96. The van der Waals surface area contributed by atoms with Gasteiger partial charge in [-0.05, 0) is 72.1 Å². The molecule has 0 saturated heterocycles.